The largest absolute Gasteiger partial charge is 0.414 e. The summed E-state index contributed by atoms with van der Waals surface area (Å²) in [5.41, 5.74) is 3.35. The van der Waals surface area contributed by atoms with Crippen molar-refractivity contribution in [3.05, 3.63) is 35.9 Å². The van der Waals surface area contributed by atoms with E-state index in [0.717, 1.165) is 0 Å². The van der Waals surface area contributed by atoms with Crippen LogP contribution >= 0.6 is 0 Å². The highest BCUT2D eigenvalue weighted by atomic mass is 28.5. The van der Waals surface area contributed by atoms with Crippen LogP contribution < -0.4 is 0 Å². The lowest BCUT2D eigenvalue weighted by Gasteiger charge is -2.47. The van der Waals surface area contributed by atoms with Crippen molar-refractivity contribution in [3.63, 3.8) is 0 Å². The first-order valence-corrected chi connectivity index (χ1v) is 23.1. The molecule has 2 heterocycles. The number of benzene rings is 1. The maximum Gasteiger partial charge on any atom is 0.335 e. The molecule has 1 aromatic rings. The minimum absolute atomic E-state index is 0.102. The monoisotopic (exact) mass is 649 g/mol. The van der Waals surface area contributed by atoms with Crippen molar-refractivity contribution < 1.29 is 22.2 Å². The van der Waals surface area contributed by atoms with Gasteiger partial charge in [-0.25, -0.2) is 0 Å². The maximum absolute atomic E-state index is 14.9. The molecule has 0 unspecified atom stereocenters. The summed E-state index contributed by atoms with van der Waals surface area (Å²) in [6.45, 7) is 33.3. The molecule has 0 aliphatic carbocycles. The molecule has 0 aromatic heterocycles. The van der Waals surface area contributed by atoms with Crippen LogP contribution in [-0.2, 0) is 28.7 Å². The van der Waals surface area contributed by atoms with Gasteiger partial charge in [-0.15, -0.1) is 0 Å². The van der Waals surface area contributed by atoms with E-state index in [1.165, 1.54) is 5.56 Å². The Kier molecular flexibility index (Phi) is 12.3. The molecule has 1 aromatic carbocycles. The summed E-state index contributed by atoms with van der Waals surface area (Å²) in [5, 5.41) is 0. The van der Waals surface area contributed by atoms with Crippen LogP contribution in [0.3, 0.4) is 0 Å². The van der Waals surface area contributed by atoms with Crippen LogP contribution in [0.5, 0.6) is 0 Å². The van der Waals surface area contributed by atoms with Crippen LogP contribution in [0.1, 0.15) is 102 Å². The summed E-state index contributed by atoms with van der Waals surface area (Å²) < 4.78 is 29.0. The molecule has 3 rings (SSSR count). The molecule has 0 amide bonds. The first kappa shape index (κ1) is 36.8. The van der Waals surface area contributed by atoms with E-state index < -0.39 is 37.6 Å². The van der Waals surface area contributed by atoms with E-state index >= 15 is 0 Å². The fourth-order valence-corrected chi connectivity index (χ4v) is 24.9. The number of piperidine rings is 1. The Morgan fingerprint density at radius 2 is 1.23 bits per heavy atom. The molecule has 2 aliphatic rings. The number of rotatable bonds is 12. The molecule has 43 heavy (non-hydrogen) atoms. The van der Waals surface area contributed by atoms with E-state index in [-0.39, 0.29) is 34.1 Å². The Morgan fingerprint density at radius 1 is 0.767 bits per heavy atom. The molecule has 246 valence electrons. The summed E-state index contributed by atoms with van der Waals surface area (Å²) in [4.78, 5) is 17.2. The minimum atomic E-state index is -2.87. The lowest BCUT2D eigenvalue weighted by molar-refractivity contribution is -0.146. The average molecular weight is 650 g/mol. The van der Waals surface area contributed by atoms with Gasteiger partial charge in [0, 0.05) is 13.1 Å². The van der Waals surface area contributed by atoms with Crippen molar-refractivity contribution in [2.45, 2.75) is 161 Å². The van der Waals surface area contributed by atoms with Crippen molar-refractivity contribution in [2.75, 3.05) is 13.2 Å². The van der Waals surface area contributed by atoms with E-state index in [2.05, 4.69) is 126 Å². The molecule has 2 saturated heterocycles. The summed E-state index contributed by atoms with van der Waals surface area (Å²) in [6, 6.07) is 10.1. The quantitative estimate of drug-likeness (QED) is 0.211. The fourth-order valence-electron chi connectivity index (χ4n) is 8.22. The number of fused-ring (bicyclic) bond motifs is 1. The van der Waals surface area contributed by atoms with Crippen molar-refractivity contribution in [2.24, 2.45) is 0 Å². The minimum Gasteiger partial charge on any atom is -0.414 e. The molecule has 0 spiro atoms. The number of carbonyl (C=O) groups is 1. The molecule has 0 bridgehead atoms. The average Bonchev–Trinajstić information content (AvgIpc) is 3.07. The number of carbonyl (C=O) groups excluding carboxylic acids is 1. The number of Topliss-reactive ketones (excluding diaryl/α,β-unsaturated/α-hetero) is 1. The Labute approximate surface area is 267 Å². The van der Waals surface area contributed by atoms with Crippen molar-refractivity contribution in [3.8, 4) is 0 Å². The zero-order valence-corrected chi connectivity index (χ0v) is 32.8. The van der Waals surface area contributed by atoms with Gasteiger partial charge in [0.2, 0.25) is 0 Å². The van der Waals surface area contributed by atoms with Crippen LogP contribution in [0.2, 0.25) is 38.8 Å². The molecule has 9 heteroatoms. The third-order valence-electron chi connectivity index (χ3n) is 10.4. The Balaban J connectivity index is 2.13. The van der Waals surface area contributed by atoms with E-state index in [1.54, 1.807) is 0 Å². The maximum atomic E-state index is 14.9. The summed E-state index contributed by atoms with van der Waals surface area (Å²) >= 11 is 0. The van der Waals surface area contributed by atoms with Gasteiger partial charge in [-0.3, -0.25) is 9.69 Å². The van der Waals surface area contributed by atoms with Crippen LogP contribution in [0, 0.1) is 0 Å². The number of likely N-dealkylation sites (tertiary alicyclic amines) is 1. The van der Waals surface area contributed by atoms with Gasteiger partial charge in [0.25, 0.3) is 0 Å². The van der Waals surface area contributed by atoms with Gasteiger partial charge in [0.1, 0.15) is 6.10 Å². The summed E-state index contributed by atoms with van der Waals surface area (Å²) in [7, 11) is -7.86. The molecule has 6 nitrogen and oxygen atoms in total. The Morgan fingerprint density at radius 3 is 1.67 bits per heavy atom. The smallest absolute Gasteiger partial charge is 0.335 e. The van der Waals surface area contributed by atoms with Crippen molar-refractivity contribution in [1.82, 2.24) is 4.90 Å². The summed E-state index contributed by atoms with van der Waals surface area (Å²) in [5.74, 6) is 0.102. The van der Waals surface area contributed by atoms with E-state index in [4.69, 9.17) is 17.4 Å². The number of hydrogen-bond acceptors (Lipinski definition) is 6. The zero-order chi connectivity index (χ0) is 32.5. The second kappa shape index (κ2) is 14.4. The zero-order valence-electron chi connectivity index (χ0n) is 29.8. The summed E-state index contributed by atoms with van der Waals surface area (Å²) in [6.07, 6.45) is -1.00. The van der Waals surface area contributed by atoms with Gasteiger partial charge >= 0.3 is 17.1 Å². The van der Waals surface area contributed by atoms with Crippen LogP contribution in [0.25, 0.3) is 0 Å². The van der Waals surface area contributed by atoms with E-state index in [0.29, 0.717) is 36.3 Å². The second-order valence-corrected chi connectivity index (χ2v) is 29.6. The standard InChI is InChI=1S/C34H63NO5Si3/c1-23(2)41(24(3)4,25(5)6)37-22-31-33(36)34-32(21-35(31)20-30-18-16-15-17-19-30)38-42(26(7)8,27(9)10)40-43(39-34,28(11)12)29(13)14/h15-19,23-29,31-32,34H,20-22H2,1-14H3/t31-,32+,34-/m1/s1. The normalized spacial score (nSPS) is 25.0. The molecule has 2 fully saturated rings. The first-order chi connectivity index (χ1) is 20.0. The van der Waals surface area contributed by atoms with Crippen LogP contribution in [-0.4, -0.2) is 67.5 Å². The molecular formula is C34H63NO5Si3. The second-order valence-electron chi connectivity index (χ2n) is 15.3. The number of hydrogen-bond donors (Lipinski definition) is 0. The number of ketones is 1. The Hall–Kier alpha value is -0.659. The van der Waals surface area contributed by atoms with Gasteiger partial charge < -0.3 is 17.4 Å². The predicted molar refractivity (Wildman–Crippen MR) is 185 cm³/mol. The fraction of sp³-hybridized carbons (Fsp3) is 0.794. The van der Waals surface area contributed by atoms with Gasteiger partial charge in [0.15, 0.2) is 14.1 Å². The highest BCUT2D eigenvalue weighted by molar-refractivity contribution is 6.84. The molecule has 0 N–H and O–H groups in total. The van der Waals surface area contributed by atoms with Gasteiger partial charge in [-0.05, 0) is 44.4 Å². The lowest BCUT2D eigenvalue weighted by atomic mass is 9.95. The van der Waals surface area contributed by atoms with Gasteiger partial charge in [-0.2, -0.15) is 0 Å². The van der Waals surface area contributed by atoms with E-state index in [9.17, 15) is 4.79 Å². The number of nitrogens with zero attached hydrogens (tertiary/aromatic N) is 1. The highest BCUT2D eigenvalue weighted by Gasteiger charge is 2.63. The topological polar surface area (TPSA) is 57.2 Å². The van der Waals surface area contributed by atoms with Crippen LogP contribution in [0.15, 0.2) is 30.3 Å². The van der Waals surface area contributed by atoms with E-state index in [1.807, 2.05) is 6.07 Å². The van der Waals surface area contributed by atoms with Crippen molar-refractivity contribution in [1.29, 1.82) is 0 Å². The molecule has 2 aliphatic heterocycles. The third-order valence-corrected chi connectivity index (χ3v) is 26.8. The van der Waals surface area contributed by atoms with Gasteiger partial charge in [0.05, 0.1) is 18.8 Å². The molecule has 0 saturated carbocycles. The SMILES string of the molecule is CC(C)[Si]1(C(C)C)O[C@H]2CN(Cc3ccccc3)[C@H](CO[Si](C(C)C)(C(C)C)C(C)C)C(=O)[C@@H]2O[Si](C(C)C)(C(C)C)O1. The highest BCUT2D eigenvalue weighted by Crippen LogP contribution is 2.49. The molecule has 3 atom stereocenters. The van der Waals surface area contributed by atoms with Crippen LogP contribution in [0.4, 0.5) is 0 Å². The van der Waals surface area contributed by atoms with Crippen molar-refractivity contribution >= 4 is 31.2 Å². The third kappa shape index (κ3) is 7.04. The lowest BCUT2D eigenvalue weighted by Crippen LogP contribution is -2.64. The Bertz CT molecular complexity index is 1010. The predicted octanol–water partition coefficient (Wildman–Crippen LogP) is 8.96. The van der Waals surface area contributed by atoms with Gasteiger partial charge in [-0.1, -0.05) is 127 Å². The molecular weight excluding hydrogens is 587 g/mol. The first-order valence-electron chi connectivity index (χ1n) is 17.0. The molecule has 0 radical (unpaired) electrons.